The standard InChI is InChI=1S/C24H30N2O2/c1-5-17(4)21-8-6-7-9-22(21)26-15-19(14-23(26)27)24(28)25-20-12-10-18(11-13-20)16(2)3/h6-13,16-17,19H,5,14-15H2,1-4H3,(H,25,28)/t17-,19+/m1/s1. The number of nitrogens with zero attached hydrogens (tertiary/aromatic N) is 1. The lowest BCUT2D eigenvalue weighted by atomic mass is 9.96. The van der Waals surface area contributed by atoms with Gasteiger partial charge < -0.3 is 10.2 Å². The van der Waals surface area contributed by atoms with Crippen LogP contribution in [0.1, 0.15) is 63.5 Å². The molecule has 4 heteroatoms. The Hall–Kier alpha value is -2.62. The first kappa shape index (κ1) is 20.1. The summed E-state index contributed by atoms with van der Waals surface area (Å²) < 4.78 is 0. The van der Waals surface area contributed by atoms with Crippen molar-refractivity contribution >= 4 is 23.2 Å². The molecule has 2 aromatic rings. The number of carbonyl (C=O) groups excluding carboxylic acids is 2. The molecular formula is C24H30N2O2. The van der Waals surface area contributed by atoms with Crippen LogP contribution in [-0.2, 0) is 9.59 Å². The third-order valence-corrected chi connectivity index (χ3v) is 5.71. The minimum absolute atomic E-state index is 0.0195. The first-order valence-corrected chi connectivity index (χ1v) is 10.2. The average molecular weight is 379 g/mol. The van der Waals surface area contributed by atoms with E-state index in [0.29, 0.717) is 18.4 Å². The lowest BCUT2D eigenvalue weighted by Gasteiger charge is -2.23. The van der Waals surface area contributed by atoms with Gasteiger partial charge in [-0.25, -0.2) is 0 Å². The Bertz CT molecular complexity index is 842. The molecule has 1 aliphatic rings. The van der Waals surface area contributed by atoms with E-state index in [1.54, 1.807) is 4.90 Å². The maximum Gasteiger partial charge on any atom is 0.229 e. The molecule has 0 spiro atoms. The summed E-state index contributed by atoms with van der Waals surface area (Å²) in [5.74, 6) is 0.426. The largest absolute Gasteiger partial charge is 0.326 e. The number of hydrogen-bond acceptors (Lipinski definition) is 2. The highest BCUT2D eigenvalue weighted by Crippen LogP contribution is 2.33. The second kappa shape index (κ2) is 8.59. The monoisotopic (exact) mass is 378 g/mol. The molecule has 0 bridgehead atoms. The number of benzene rings is 2. The minimum atomic E-state index is -0.331. The molecule has 2 aromatic carbocycles. The summed E-state index contributed by atoms with van der Waals surface area (Å²) in [7, 11) is 0. The van der Waals surface area contributed by atoms with Gasteiger partial charge in [0.1, 0.15) is 0 Å². The summed E-state index contributed by atoms with van der Waals surface area (Å²) in [5.41, 5.74) is 4.13. The number of amides is 2. The molecule has 28 heavy (non-hydrogen) atoms. The third kappa shape index (κ3) is 4.27. The lowest BCUT2D eigenvalue weighted by molar-refractivity contribution is -0.122. The topological polar surface area (TPSA) is 49.4 Å². The molecule has 4 nitrogen and oxygen atoms in total. The van der Waals surface area contributed by atoms with Crippen LogP contribution in [0.4, 0.5) is 11.4 Å². The van der Waals surface area contributed by atoms with Gasteiger partial charge in [0.05, 0.1) is 5.92 Å². The van der Waals surface area contributed by atoms with E-state index in [0.717, 1.165) is 17.8 Å². The molecule has 1 saturated heterocycles. The Morgan fingerprint density at radius 1 is 1.11 bits per heavy atom. The summed E-state index contributed by atoms with van der Waals surface area (Å²) >= 11 is 0. The van der Waals surface area contributed by atoms with Crippen molar-refractivity contribution < 1.29 is 9.59 Å². The van der Waals surface area contributed by atoms with Crippen LogP contribution in [0, 0.1) is 5.92 Å². The van der Waals surface area contributed by atoms with E-state index in [-0.39, 0.29) is 24.2 Å². The van der Waals surface area contributed by atoms with Crippen molar-refractivity contribution in [1.29, 1.82) is 0 Å². The van der Waals surface area contributed by atoms with E-state index in [4.69, 9.17) is 0 Å². The molecule has 2 atom stereocenters. The second-order valence-electron chi connectivity index (χ2n) is 8.04. The van der Waals surface area contributed by atoms with Crippen LogP contribution in [-0.4, -0.2) is 18.4 Å². The molecule has 0 radical (unpaired) electrons. The van der Waals surface area contributed by atoms with E-state index < -0.39 is 0 Å². The number of nitrogens with one attached hydrogen (secondary N) is 1. The van der Waals surface area contributed by atoms with Gasteiger partial charge in [-0.1, -0.05) is 58.0 Å². The molecule has 3 rings (SSSR count). The van der Waals surface area contributed by atoms with Crippen LogP contribution in [0.3, 0.4) is 0 Å². The van der Waals surface area contributed by atoms with E-state index in [1.165, 1.54) is 11.1 Å². The number of rotatable bonds is 6. The fourth-order valence-corrected chi connectivity index (χ4v) is 3.68. The van der Waals surface area contributed by atoms with Crippen molar-refractivity contribution in [2.24, 2.45) is 5.92 Å². The van der Waals surface area contributed by atoms with Gasteiger partial charge >= 0.3 is 0 Å². The molecule has 1 N–H and O–H groups in total. The van der Waals surface area contributed by atoms with Crippen molar-refractivity contribution in [2.45, 2.75) is 52.4 Å². The molecule has 0 aromatic heterocycles. The summed E-state index contributed by atoms with van der Waals surface area (Å²) in [6.45, 7) is 9.04. The molecule has 1 fully saturated rings. The fraction of sp³-hybridized carbons (Fsp3) is 0.417. The highest BCUT2D eigenvalue weighted by atomic mass is 16.2. The quantitative estimate of drug-likeness (QED) is 0.740. The summed E-state index contributed by atoms with van der Waals surface area (Å²) in [4.78, 5) is 27.2. The van der Waals surface area contributed by atoms with E-state index >= 15 is 0 Å². The van der Waals surface area contributed by atoms with Crippen molar-refractivity contribution in [3.63, 3.8) is 0 Å². The van der Waals surface area contributed by atoms with Gasteiger partial charge in [0.2, 0.25) is 11.8 Å². The predicted octanol–water partition coefficient (Wildman–Crippen LogP) is 5.32. The summed E-state index contributed by atoms with van der Waals surface area (Å²) in [6.07, 6.45) is 1.26. The third-order valence-electron chi connectivity index (χ3n) is 5.71. The van der Waals surface area contributed by atoms with Crippen LogP contribution in [0.5, 0.6) is 0 Å². The summed E-state index contributed by atoms with van der Waals surface area (Å²) in [5, 5.41) is 2.97. The van der Waals surface area contributed by atoms with Crippen LogP contribution in [0.15, 0.2) is 48.5 Å². The SMILES string of the molecule is CC[C@@H](C)c1ccccc1N1C[C@@H](C(=O)Nc2ccc(C(C)C)cc2)CC1=O. The predicted molar refractivity (Wildman–Crippen MR) is 115 cm³/mol. The van der Waals surface area contributed by atoms with E-state index in [9.17, 15) is 9.59 Å². The van der Waals surface area contributed by atoms with E-state index in [1.807, 2.05) is 42.5 Å². The van der Waals surface area contributed by atoms with Gasteiger partial charge in [-0.15, -0.1) is 0 Å². The first-order valence-electron chi connectivity index (χ1n) is 10.2. The van der Waals surface area contributed by atoms with Crippen LogP contribution < -0.4 is 10.2 Å². The Balaban J connectivity index is 1.71. The molecule has 2 amide bonds. The average Bonchev–Trinajstić information content (AvgIpc) is 3.09. The van der Waals surface area contributed by atoms with Crippen molar-refractivity contribution in [3.8, 4) is 0 Å². The Kier molecular flexibility index (Phi) is 6.18. The van der Waals surface area contributed by atoms with Crippen LogP contribution in [0.2, 0.25) is 0 Å². The van der Waals surface area contributed by atoms with Gasteiger partial charge in [0, 0.05) is 24.3 Å². The first-order chi connectivity index (χ1) is 13.4. The normalized spacial score (nSPS) is 17.8. The molecule has 148 valence electrons. The molecule has 0 saturated carbocycles. The van der Waals surface area contributed by atoms with Crippen molar-refractivity contribution in [3.05, 3.63) is 59.7 Å². The zero-order valence-electron chi connectivity index (χ0n) is 17.2. The summed E-state index contributed by atoms with van der Waals surface area (Å²) in [6, 6.07) is 16.0. The van der Waals surface area contributed by atoms with Crippen molar-refractivity contribution in [2.75, 3.05) is 16.8 Å². The van der Waals surface area contributed by atoms with Crippen molar-refractivity contribution in [1.82, 2.24) is 0 Å². The molecule has 1 heterocycles. The maximum atomic E-state index is 12.7. The number of para-hydroxylation sites is 1. The lowest BCUT2D eigenvalue weighted by Crippen LogP contribution is -2.29. The Morgan fingerprint density at radius 3 is 2.43 bits per heavy atom. The molecular weight excluding hydrogens is 348 g/mol. The highest BCUT2D eigenvalue weighted by Gasteiger charge is 2.36. The van der Waals surface area contributed by atoms with Gasteiger partial charge in [-0.3, -0.25) is 9.59 Å². The maximum absolute atomic E-state index is 12.7. The minimum Gasteiger partial charge on any atom is -0.326 e. The second-order valence-corrected chi connectivity index (χ2v) is 8.04. The number of anilines is 2. The van der Waals surface area contributed by atoms with E-state index in [2.05, 4.69) is 39.1 Å². The van der Waals surface area contributed by atoms with Gasteiger partial charge in [-0.05, 0) is 47.6 Å². The molecule has 1 aliphatic heterocycles. The highest BCUT2D eigenvalue weighted by molar-refractivity contribution is 6.03. The zero-order valence-corrected chi connectivity index (χ0v) is 17.2. The van der Waals surface area contributed by atoms with Crippen LogP contribution >= 0.6 is 0 Å². The molecule has 0 aliphatic carbocycles. The van der Waals surface area contributed by atoms with Gasteiger partial charge in [0.25, 0.3) is 0 Å². The van der Waals surface area contributed by atoms with Gasteiger partial charge in [0.15, 0.2) is 0 Å². The Labute approximate surface area is 167 Å². The fourth-order valence-electron chi connectivity index (χ4n) is 3.68. The number of carbonyl (C=O) groups is 2. The van der Waals surface area contributed by atoms with Gasteiger partial charge in [-0.2, -0.15) is 0 Å². The smallest absolute Gasteiger partial charge is 0.229 e. The zero-order chi connectivity index (χ0) is 20.3. The van der Waals surface area contributed by atoms with Crippen LogP contribution in [0.25, 0.3) is 0 Å². The number of hydrogen-bond donors (Lipinski definition) is 1. The molecule has 0 unspecified atom stereocenters. The Morgan fingerprint density at radius 2 is 1.79 bits per heavy atom.